The molecule has 0 radical (unpaired) electrons. The summed E-state index contributed by atoms with van der Waals surface area (Å²) in [4.78, 5) is 11.9. The maximum atomic E-state index is 11.9. The number of hydrogen-bond acceptors (Lipinski definition) is 2. The Kier molecular flexibility index (Phi) is 3.67. The van der Waals surface area contributed by atoms with Gasteiger partial charge in [-0.05, 0) is 30.6 Å². The van der Waals surface area contributed by atoms with E-state index in [1.54, 1.807) is 0 Å². The molecule has 0 saturated heterocycles. The van der Waals surface area contributed by atoms with Gasteiger partial charge in [-0.2, -0.15) is 0 Å². The average Bonchev–Trinajstić information content (AvgIpc) is 2.91. The van der Waals surface area contributed by atoms with E-state index in [1.165, 1.54) is 6.42 Å². The molecule has 0 aromatic rings. The van der Waals surface area contributed by atoms with E-state index in [1.807, 2.05) is 0 Å². The van der Waals surface area contributed by atoms with Crippen molar-refractivity contribution < 1.29 is 9.53 Å². The highest BCUT2D eigenvalue weighted by molar-refractivity contribution is 5.74. The van der Waals surface area contributed by atoms with Gasteiger partial charge >= 0.3 is 5.97 Å². The summed E-state index contributed by atoms with van der Waals surface area (Å²) >= 11 is 0. The number of fused-ring (bicyclic) bond motifs is 2. The van der Waals surface area contributed by atoms with Crippen molar-refractivity contribution in [3.05, 3.63) is 12.2 Å². The summed E-state index contributed by atoms with van der Waals surface area (Å²) in [6.07, 6.45) is 8.85. The fourth-order valence-corrected chi connectivity index (χ4v) is 2.88. The number of hydrogen-bond donors (Lipinski definition) is 0. The lowest BCUT2D eigenvalue weighted by Gasteiger charge is -2.19. The first-order valence-electron chi connectivity index (χ1n) is 6.59. The van der Waals surface area contributed by atoms with Gasteiger partial charge in [-0.25, -0.2) is 0 Å². The van der Waals surface area contributed by atoms with Gasteiger partial charge < -0.3 is 4.74 Å². The van der Waals surface area contributed by atoms with Crippen molar-refractivity contribution in [3.8, 4) is 0 Å². The molecule has 3 unspecified atom stereocenters. The predicted octanol–water partition coefficient (Wildman–Crippen LogP) is 3.18. The van der Waals surface area contributed by atoms with Gasteiger partial charge in [0.1, 0.15) is 0 Å². The van der Waals surface area contributed by atoms with E-state index < -0.39 is 0 Å². The largest absolute Gasteiger partial charge is 0.465 e. The van der Waals surface area contributed by atoms with E-state index in [2.05, 4.69) is 26.0 Å². The third-order valence-corrected chi connectivity index (χ3v) is 4.20. The van der Waals surface area contributed by atoms with E-state index in [0.29, 0.717) is 24.4 Å². The Morgan fingerprint density at radius 2 is 2.06 bits per heavy atom. The third-order valence-electron chi connectivity index (χ3n) is 4.20. The zero-order chi connectivity index (χ0) is 11.5. The molecule has 0 aliphatic heterocycles. The molecule has 0 amide bonds. The molecule has 16 heavy (non-hydrogen) atoms. The molecule has 3 atom stereocenters. The van der Waals surface area contributed by atoms with Crippen LogP contribution in [0.4, 0.5) is 0 Å². The first-order valence-corrected chi connectivity index (χ1v) is 6.59. The predicted molar refractivity (Wildman–Crippen MR) is 63.9 cm³/mol. The van der Waals surface area contributed by atoms with Crippen LogP contribution < -0.4 is 0 Å². The van der Waals surface area contributed by atoms with Crippen molar-refractivity contribution in [1.29, 1.82) is 0 Å². The summed E-state index contributed by atoms with van der Waals surface area (Å²) in [7, 11) is 0. The van der Waals surface area contributed by atoms with Gasteiger partial charge in [0.05, 0.1) is 12.5 Å². The molecular weight excluding hydrogens is 200 g/mol. The lowest BCUT2D eigenvalue weighted by molar-refractivity contribution is -0.150. The number of rotatable bonds is 5. The number of ether oxygens (including phenoxy) is 1. The van der Waals surface area contributed by atoms with Crippen LogP contribution in [0.1, 0.15) is 39.5 Å². The smallest absolute Gasteiger partial charge is 0.309 e. The normalized spacial score (nSPS) is 31.3. The molecule has 90 valence electrons. The van der Waals surface area contributed by atoms with Gasteiger partial charge in [0, 0.05) is 0 Å². The highest BCUT2D eigenvalue weighted by atomic mass is 16.5. The Hall–Kier alpha value is -0.790. The highest BCUT2D eigenvalue weighted by Crippen LogP contribution is 2.43. The molecule has 2 aliphatic carbocycles. The van der Waals surface area contributed by atoms with Crippen molar-refractivity contribution in [2.45, 2.75) is 39.5 Å². The highest BCUT2D eigenvalue weighted by Gasteiger charge is 2.40. The van der Waals surface area contributed by atoms with Crippen LogP contribution >= 0.6 is 0 Å². The van der Waals surface area contributed by atoms with E-state index >= 15 is 0 Å². The molecule has 0 N–H and O–H groups in total. The Morgan fingerprint density at radius 3 is 2.56 bits per heavy atom. The monoisotopic (exact) mass is 222 g/mol. The van der Waals surface area contributed by atoms with Gasteiger partial charge in [-0.1, -0.05) is 38.8 Å². The standard InChI is InChI=1S/C14H22O2/c1-3-10(4-2)9-16-14(15)13-8-11-5-6-12(13)7-11/h5-6,10-13H,3-4,7-9H2,1-2H3. The molecule has 0 heterocycles. The van der Waals surface area contributed by atoms with Crippen molar-refractivity contribution in [2.24, 2.45) is 23.7 Å². The molecule has 2 aliphatic rings. The fraction of sp³-hybridized carbons (Fsp3) is 0.786. The zero-order valence-corrected chi connectivity index (χ0v) is 10.3. The van der Waals surface area contributed by atoms with E-state index in [-0.39, 0.29) is 11.9 Å². The molecule has 0 spiro atoms. The summed E-state index contributed by atoms with van der Waals surface area (Å²) in [6, 6.07) is 0. The number of carbonyl (C=O) groups excluding carboxylic acids is 1. The molecule has 1 saturated carbocycles. The van der Waals surface area contributed by atoms with Gasteiger partial charge in [-0.15, -0.1) is 0 Å². The van der Waals surface area contributed by atoms with Crippen LogP contribution in [0, 0.1) is 23.7 Å². The van der Waals surface area contributed by atoms with Gasteiger partial charge in [0.2, 0.25) is 0 Å². The maximum Gasteiger partial charge on any atom is 0.309 e. The second-order valence-corrected chi connectivity index (χ2v) is 5.20. The van der Waals surface area contributed by atoms with E-state index in [0.717, 1.165) is 19.3 Å². The topological polar surface area (TPSA) is 26.3 Å². The van der Waals surface area contributed by atoms with Crippen LogP contribution in [-0.2, 0) is 9.53 Å². The van der Waals surface area contributed by atoms with Gasteiger partial charge in [-0.3, -0.25) is 4.79 Å². The Morgan fingerprint density at radius 1 is 1.31 bits per heavy atom. The van der Waals surface area contributed by atoms with Crippen molar-refractivity contribution in [1.82, 2.24) is 0 Å². The molecular formula is C14H22O2. The summed E-state index contributed by atoms with van der Waals surface area (Å²) in [5.41, 5.74) is 0. The van der Waals surface area contributed by atoms with Crippen molar-refractivity contribution >= 4 is 5.97 Å². The SMILES string of the molecule is CCC(CC)COC(=O)C1CC2C=CC1C2. The Balaban J connectivity index is 1.78. The molecule has 1 fully saturated rings. The number of carbonyl (C=O) groups is 1. The van der Waals surface area contributed by atoms with E-state index in [9.17, 15) is 4.79 Å². The van der Waals surface area contributed by atoms with Crippen LogP contribution in [-0.4, -0.2) is 12.6 Å². The Labute approximate surface area is 98.1 Å². The number of allylic oxidation sites excluding steroid dienone is 2. The van der Waals surface area contributed by atoms with Crippen LogP contribution in [0.25, 0.3) is 0 Å². The average molecular weight is 222 g/mol. The van der Waals surface area contributed by atoms with Gasteiger partial charge in [0.15, 0.2) is 0 Å². The second-order valence-electron chi connectivity index (χ2n) is 5.20. The zero-order valence-electron chi connectivity index (χ0n) is 10.3. The molecule has 2 rings (SSSR count). The summed E-state index contributed by atoms with van der Waals surface area (Å²) in [5.74, 6) is 1.86. The van der Waals surface area contributed by atoms with Crippen molar-refractivity contribution in [2.75, 3.05) is 6.61 Å². The van der Waals surface area contributed by atoms with Gasteiger partial charge in [0.25, 0.3) is 0 Å². The fourth-order valence-electron chi connectivity index (χ4n) is 2.88. The van der Waals surface area contributed by atoms with Crippen LogP contribution in [0.5, 0.6) is 0 Å². The molecule has 0 aromatic heterocycles. The van der Waals surface area contributed by atoms with Crippen LogP contribution in [0.3, 0.4) is 0 Å². The van der Waals surface area contributed by atoms with E-state index in [4.69, 9.17) is 4.74 Å². The third kappa shape index (κ3) is 2.31. The minimum Gasteiger partial charge on any atom is -0.465 e. The summed E-state index contributed by atoms with van der Waals surface area (Å²) in [5, 5.41) is 0. The summed E-state index contributed by atoms with van der Waals surface area (Å²) in [6.45, 7) is 4.92. The second kappa shape index (κ2) is 5.03. The molecule has 2 bridgehead atoms. The molecule has 2 nitrogen and oxygen atoms in total. The first-order chi connectivity index (χ1) is 7.74. The van der Waals surface area contributed by atoms with Crippen LogP contribution in [0.2, 0.25) is 0 Å². The maximum absolute atomic E-state index is 11.9. The lowest BCUT2D eigenvalue weighted by atomic mass is 9.94. The Bertz CT molecular complexity index is 278. The lowest BCUT2D eigenvalue weighted by Crippen LogP contribution is -2.23. The minimum absolute atomic E-state index is 0.0451. The first kappa shape index (κ1) is 11.7. The molecule has 0 aromatic carbocycles. The quantitative estimate of drug-likeness (QED) is 0.527. The minimum atomic E-state index is 0.0451. The number of esters is 1. The summed E-state index contributed by atoms with van der Waals surface area (Å²) < 4.78 is 5.45. The molecule has 2 heteroatoms. The van der Waals surface area contributed by atoms with Crippen molar-refractivity contribution in [3.63, 3.8) is 0 Å². The van der Waals surface area contributed by atoms with Crippen LogP contribution in [0.15, 0.2) is 12.2 Å².